The first kappa shape index (κ1) is 14.8. The van der Waals surface area contributed by atoms with E-state index in [9.17, 15) is 5.26 Å². The van der Waals surface area contributed by atoms with Crippen molar-refractivity contribution in [2.24, 2.45) is 10.2 Å². The highest BCUT2D eigenvalue weighted by Gasteiger charge is 2.15. The van der Waals surface area contributed by atoms with Crippen LogP contribution in [-0.4, -0.2) is 29.7 Å². The van der Waals surface area contributed by atoms with Crippen LogP contribution in [-0.2, 0) is 0 Å². The van der Waals surface area contributed by atoms with Gasteiger partial charge in [-0.05, 0) is 6.07 Å². The van der Waals surface area contributed by atoms with Gasteiger partial charge in [0.05, 0.1) is 6.20 Å². The highest BCUT2D eigenvalue weighted by molar-refractivity contribution is 5.71. The monoisotopic (exact) mass is 322 g/mol. The Balaban J connectivity index is 2.08. The molecule has 3 heterocycles. The number of hydrogen-bond acceptors (Lipinski definition) is 11. The zero-order valence-electron chi connectivity index (χ0n) is 12.1. The Morgan fingerprint density at radius 1 is 1.04 bits per heavy atom. The van der Waals surface area contributed by atoms with Gasteiger partial charge in [0.15, 0.2) is 23.1 Å². The summed E-state index contributed by atoms with van der Waals surface area (Å²) in [6.45, 7) is 0. The second-order valence-electron chi connectivity index (χ2n) is 4.36. The van der Waals surface area contributed by atoms with Crippen molar-refractivity contribution in [3.8, 4) is 12.0 Å². The molecule has 0 fully saturated rings. The fraction of sp³-hybridized carbons (Fsp3) is 0. The van der Waals surface area contributed by atoms with Crippen molar-refractivity contribution in [1.29, 1.82) is 5.26 Å². The molecular formula is C12H10N12. The lowest BCUT2D eigenvalue weighted by Crippen LogP contribution is -2.03. The molecule has 0 aliphatic heterocycles. The number of azo groups is 1. The summed E-state index contributed by atoms with van der Waals surface area (Å²) in [6.07, 6.45) is 4.37. The van der Waals surface area contributed by atoms with Gasteiger partial charge in [0.1, 0.15) is 11.6 Å². The van der Waals surface area contributed by atoms with E-state index in [1.165, 1.54) is 23.3 Å². The van der Waals surface area contributed by atoms with Gasteiger partial charge < -0.3 is 17.2 Å². The van der Waals surface area contributed by atoms with Crippen molar-refractivity contribution in [2.45, 2.75) is 0 Å². The molecule has 12 heteroatoms. The van der Waals surface area contributed by atoms with Crippen LogP contribution in [0.1, 0.15) is 5.56 Å². The summed E-state index contributed by atoms with van der Waals surface area (Å²) in [7, 11) is 0. The van der Waals surface area contributed by atoms with Crippen LogP contribution >= 0.6 is 0 Å². The molecular weight excluding hydrogens is 312 g/mol. The van der Waals surface area contributed by atoms with E-state index in [0.717, 1.165) is 0 Å². The molecule has 0 atom stereocenters. The molecule has 0 aliphatic carbocycles. The Kier molecular flexibility index (Phi) is 3.65. The Hall–Kier alpha value is -4.14. The summed E-state index contributed by atoms with van der Waals surface area (Å²) in [6, 6.07) is 3.60. The first-order valence-corrected chi connectivity index (χ1v) is 6.46. The molecule has 0 saturated heterocycles. The highest BCUT2D eigenvalue weighted by atomic mass is 15.4. The normalized spacial score (nSPS) is 10.8. The summed E-state index contributed by atoms with van der Waals surface area (Å²) in [5.41, 5.74) is 17.0. The number of nitrogen functional groups attached to an aromatic ring is 3. The molecule has 0 spiro atoms. The summed E-state index contributed by atoms with van der Waals surface area (Å²) in [4.78, 5) is 15.6. The molecule has 0 bridgehead atoms. The van der Waals surface area contributed by atoms with Crippen LogP contribution in [0, 0.1) is 11.3 Å². The Bertz CT molecular complexity index is 929. The zero-order chi connectivity index (χ0) is 17.1. The van der Waals surface area contributed by atoms with Crippen molar-refractivity contribution >= 4 is 29.1 Å². The van der Waals surface area contributed by atoms with Crippen LogP contribution in [0.5, 0.6) is 0 Å². The van der Waals surface area contributed by atoms with Gasteiger partial charge in [-0.3, -0.25) is 0 Å². The average Bonchev–Trinajstić information content (AvgIpc) is 2.97. The predicted molar refractivity (Wildman–Crippen MR) is 83.3 cm³/mol. The Labute approximate surface area is 134 Å². The minimum Gasteiger partial charge on any atom is -0.382 e. The second-order valence-corrected chi connectivity index (χ2v) is 4.36. The minimum atomic E-state index is -0.0793. The van der Waals surface area contributed by atoms with E-state index in [4.69, 9.17) is 17.2 Å². The number of nitriles is 1. The lowest BCUT2D eigenvalue weighted by Gasteiger charge is -2.03. The van der Waals surface area contributed by atoms with Crippen molar-refractivity contribution in [3.63, 3.8) is 0 Å². The molecule has 118 valence electrons. The van der Waals surface area contributed by atoms with Gasteiger partial charge in [0, 0.05) is 12.4 Å². The van der Waals surface area contributed by atoms with E-state index in [1.54, 1.807) is 6.07 Å². The fourth-order valence-corrected chi connectivity index (χ4v) is 1.77. The summed E-state index contributed by atoms with van der Waals surface area (Å²) in [5.74, 6) is 0.180. The molecule has 0 aromatic carbocycles. The van der Waals surface area contributed by atoms with Crippen molar-refractivity contribution in [2.75, 3.05) is 17.2 Å². The molecule has 3 rings (SSSR count). The van der Waals surface area contributed by atoms with Gasteiger partial charge in [-0.25, -0.2) is 9.97 Å². The number of aromatic nitrogens is 6. The molecule has 0 radical (unpaired) electrons. The van der Waals surface area contributed by atoms with Crippen molar-refractivity contribution < 1.29 is 0 Å². The molecule has 0 unspecified atom stereocenters. The van der Waals surface area contributed by atoms with E-state index in [2.05, 4.69) is 35.3 Å². The topological polar surface area (TPSA) is 196 Å². The van der Waals surface area contributed by atoms with Gasteiger partial charge >= 0.3 is 0 Å². The summed E-state index contributed by atoms with van der Waals surface area (Å²) >= 11 is 0. The maximum atomic E-state index is 9.19. The third-order valence-corrected chi connectivity index (χ3v) is 2.81. The van der Waals surface area contributed by atoms with Crippen LogP contribution < -0.4 is 17.2 Å². The molecule has 0 amide bonds. The Morgan fingerprint density at radius 3 is 2.33 bits per heavy atom. The number of nitrogens with zero attached hydrogens (tertiary/aromatic N) is 9. The van der Waals surface area contributed by atoms with E-state index >= 15 is 0 Å². The smallest absolute Gasteiger partial charge is 0.252 e. The average molecular weight is 322 g/mol. The highest BCUT2D eigenvalue weighted by Crippen LogP contribution is 2.30. The third kappa shape index (κ3) is 2.64. The maximum Gasteiger partial charge on any atom is 0.252 e. The molecule has 24 heavy (non-hydrogen) atoms. The lowest BCUT2D eigenvalue weighted by molar-refractivity contribution is 0.803. The van der Waals surface area contributed by atoms with Crippen molar-refractivity contribution in [3.05, 3.63) is 30.2 Å². The second kappa shape index (κ2) is 5.93. The van der Waals surface area contributed by atoms with Crippen LogP contribution in [0.15, 0.2) is 34.9 Å². The molecule has 6 N–H and O–H groups in total. The molecule has 0 saturated carbocycles. The van der Waals surface area contributed by atoms with Crippen LogP contribution in [0.2, 0.25) is 0 Å². The number of nitrogens with two attached hydrogens (primary N) is 3. The van der Waals surface area contributed by atoms with Gasteiger partial charge in [-0.2, -0.15) is 25.0 Å². The molecule has 12 nitrogen and oxygen atoms in total. The fourth-order valence-electron chi connectivity index (χ4n) is 1.77. The van der Waals surface area contributed by atoms with Crippen LogP contribution in [0.25, 0.3) is 5.95 Å². The van der Waals surface area contributed by atoms with E-state index in [-0.39, 0.29) is 40.6 Å². The van der Waals surface area contributed by atoms with Crippen LogP contribution in [0.4, 0.5) is 29.1 Å². The summed E-state index contributed by atoms with van der Waals surface area (Å²) in [5, 5.41) is 21.1. The minimum absolute atomic E-state index is 0.0369. The van der Waals surface area contributed by atoms with Gasteiger partial charge in [0.2, 0.25) is 5.95 Å². The Morgan fingerprint density at radius 2 is 1.71 bits per heavy atom. The van der Waals surface area contributed by atoms with E-state index < -0.39 is 0 Å². The third-order valence-electron chi connectivity index (χ3n) is 2.81. The largest absolute Gasteiger partial charge is 0.382 e. The number of hydrogen-bond donors (Lipinski definition) is 3. The van der Waals surface area contributed by atoms with Crippen LogP contribution in [0.3, 0.4) is 0 Å². The predicted octanol–water partition coefficient (Wildman–Crippen LogP) is 0.486. The SMILES string of the molecule is N#Cc1cnn(-c2ncccn2)c1N=Nc1c(N)nc(N)nc1N. The molecule has 3 aromatic rings. The number of anilines is 3. The first-order valence-electron chi connectivity index (χ1n) is 6.46. The van der Waals surface area contributed by atoms with Gasteiger partial charge in [0.25, 0.3) is 5.95 Å². The lowest BCUT2D eigenvalue weighted by atomic mass is 10.4. The molecule has 0 aliphatic rings. The van der Waals surface area contributed by atoms with Gasteiger partial charge in [-0.1, -0.05) is 0 Å². The maximum absolute atomic E-state index is 9.19. The van der Waals surface area contributed by atoms with Crippen molar-refractivity contribution in [1.82, 2.24) is 29.7 Å². The zero-order valence-corrected chi connectivity index (χ0v) is 12.1. The number of rotatable bonds is 3. The quantitative estimate of drug-likeness (QED) is 0.574. The standard InChI is InChI=1S/C12H10N12/c13-4-6-5-19-24(12-17-2-1-3-18-12)10(6)23-22-7-8(14)20-11(16)21-9(7)15/h1-3,5H,(H6,14,15,16,20,21). The van der Waals surface area contributed by atoms with E-state index in [0.29, 0.717) is 0 Å². The molecule has 3 aromatic heterocycles. The summed E-state index contributed by atoms with van der Waals surface area (Å²) < 4.78 is 1.26. The van der Waals surface area contributed by atoms with Gasteiger partial charge in [-0.15, -0.1) is 10.2 Å². The van der Waals surface area contributed by atoms with E-state index in [1.807, 2.05) is 6.07 Å². The first-order chi connectivity index (χ1) is 11.6.